The Hall–Kier alpha value is -1.09. The summed E-state index contributed by atoms with van der Waals surface area (Å²) in [6.07, 6.45) is 0. The van der Waals surface area contributed by atoms with Crippen molar-refractivity contribution in [1.29, 1.82) is 0 Å². The Bertz CT molecular complexity index is 352. The third-order valence-electron chi connectivity index (χ3n) is 2.02. The molecule has 2 N–H and O–H groups in total. The molecule has 0 radical (unpaired) electrons. The molecule has 0 aliphatic carbocycles. The van der Waals surface area contributed by atoms with Gasteiger partial charge < -0.3 is 15.2 Å². The molecule has 0 unspecified atom stereocenters. The fourth-order valence-corrected chi connectivity index (χ4v) is 1.58. The van der Waals surface area contributed by atoms with Crippen molar-refractivity contribution in [3.8, 4) is 11.5 Å². The summed E-state index contributed by atoms with van der Waals surface area (Å²) in [5, 5.41) is 0.453. The van der Waals surface area contributed by atoms with Crippen molar-refractivity contribution in [2.45, 2.75) is 6.92 Å². The highest BCUT2D eigenvalue weighted by Gasteiger charge is 2.18. The zero-order chi connectivity index (χ0) is 9.42. The maximum atomic E-state index is 5.99. The summed E-state index contributed by atoms with van der Waals surface area (Å²) >= 11 is 5.99. The average molecular weight is 200 g/mol. The van der Waals surface area contributed by atoms with E-state index in [1.54, 1.807) is 0 Å². The summed E-state index contributed by atoms with van der Waals surface area (Å²) in [6, 6.07) is 1.84. The van der Waals surface area contributed by atoms with Gasteiger partial charge in [-0.25, -0.2) is 0 Å². The molecule has 70 valence electrons. The summed E-state index contributed by atoms with van der Waals surface area (Å²) in [5.41, 5.74) is 7.21. The maximum absolute atomic E-state index is 5.99. The van der Waals surface area contributed by atoms with Gasteiger partial charge in [-0.05, 0) is 18.6 Å². The van der Waals surface area contributed by atoms with Crippen LogP contribution in [0.1, 0.15) is 5.56 Å². The maximum Gasteiger partial charge on any atom is 0.182 e. The average Bonchev–Trinajstić information content (AvgIpc) is 2.15. The molecule has 2 rings (SSSR count). The third kappa shape index (κ3) is 1.29. The molecule has 0 saturated heterocycles. The summed E-state index contributed by atoms with van der Waals surface area (Å²) in [7, 11) is 0. The molecular weight excluding hydrogens is 190 g/mol. The largest absolute Gasteiger partial charge is 0.486 e. The lowest BCUT2D eigenvalue weighted by molar-refractivity contribution is 0.171. The zero-order valence-corrected chi connectivity index (χ0v) is 8.02. The number of ether oxygens (including phenoxy) is 2. The summed E-state index contributed by atoms with van der Waals surface area (Å²) in [4.78, 5) is 0. The van der Waals surface area contributed by atoms with Crippen LogP contribution >= 0.6 is 11.6 Å². The van der Waals surface area contributed by atoms with Gasteiger partial charge in [0.2, 0.25) is 0 Å². The Morgan fingerprint density at radius 3 is 2.85 bits per heavy atom. The SMILES string of the molecule is Cc1cc2c(c(Cl)c1N)OCCO2. The molecule has 0 fully saturated rings. The van der Waals surface area contributed by atoms with Gasteiger partial charge in [0.25, 0.3) is 0 Å². The second-order valence-corrected chi connectivity index (χ2v) is 3.32. The smallest absolute Gasteiger partial charge is 0.182 e. The normalized spacial score (nSPS) is 14.3. The first-order valence-electron chi connectivity index (χ1n) is 4.04. The highest BCUT2D eigenvalue weighted by molar-refractivity contribution is 6.35. The van der Waals surface area contributed by atoms with E-state index in [-0.39, 0.29) is 0 Å². The van der Waals surface area contributed by atoms with Crippen molar-refractivity contribution >= 4 is 17.3 Å². The Labute approximate surface area is 81.4 Å². The van der Waals surface area contributed by atoms with E-state index in [1.165, 1.54) is 0 Å². The van der Waals surface area contributed by atoms with Crippen LogP contribution in [0.25, 0.3) is 0 Å². The fraction of sp³-hybridized carbons (Fsp3) is 0.333. The van der Waals surface area contributed by atoms with Gasteiger partial charge in [-0.3, -0.25) is 0 Å². The molecule has 1 aromatic rings. The highest BCUT2D eigenvalue weighted by atomic mass is 35.5. The van der Waals surface area contributed by atoms with E-state index in [4.69, 9.17) is 26.8 Å². The van der Waals surface area contributed by atoms with E-state index in [2.05, 4.69) is 0 Å². The lowest BCUT2D eigenvalue weighted by Crippen LogP contribution is -2.16. The monoisotopic (exact) mass is 199 g/mol. The molecule has 4 heteroatoms. The van der Waals surface area contributed by atoms with Gasteiger partial charge in [0.15, 0.2) is 11.5 Å². The van der Waals surface area contributed by atoms with Crippen LogP contribution in [0.4, 0.5) is 5.69 Å². The topological polar surface area (TPSA) is 44.5 Å². The zero-order valence-electron chi connectivity index (χ0n) is 7.26. The van der Waals surface area contributed by atoms with Crippen molar-refractivity contribution in [1.82, 2.24) is 0 Å². The number of hydrogen-bond acceptors (Lipinski definition) is 3. The first-order chi connectivity index (χ1) is 6.20. The number of halogens is 1. The Balaban J connectivity index is 2.60. The van der Waals surface area contributed by atoms with Gasteiger partial charge in [0.1, 0.15) is 18.2 Å². The van der Waals surface area contributed by atoms with Gasteiger partial charge in [-0.1, -0.05) is 11.6 Å². The first-order valence-corrected chi connectivity index (χ1v) is 4.42. The number of benzene rings is 1. The molecule has 1 aliphatic heterocycles. The molecule has 1 aromatic carbocycles. The molecule has 1 aliphatic rings. The number of aryl methyl sites for hydroxylation is 1. The molecule has 0 saturated carbocycles. The minimum Gasteiger partial charge on any atom is -0.486 e. The van der Waals surface area contributed by atoms with E-state index >= 15 is 0 Å². The van der Waals surface area contributed by atoms with Crippen LogP contribution in [0.3, 0.4) is 0 Å². The molecule has 13 heavy (non-hydrogen) atoms. The molecule has 0 amide bonds. The minimum atomic E-state index is 0.453. The fourth-order valence-electron chi connectivity index (χ4n) is 1.28. The second kappa shape index (κ2) is 3.00. The molecule has 0 aromatic heterocycles. The van der Waals surface area contributed by atoms with Crippen LogP contribution in [0.2, 0.25) is 5.02 Å². The van der Waals surface area contributed by atoms with Crippen molar-refractivity contribution in [3.63, 3.8) is 0 Å². The number of hydrogen-bond donors (Lipinski definition) is 1. The number of anilines is 1. The number of nitrogens with two attached hydrogens (primary N) is 1. The van der Waals surface area contributed by atoms with Crippen LogP contribution < -0.4 is 15.2 Å². The molecule has 3 nitrogen and oxygen atoms in total. The van der Waals surface area contributed by atoms with Crippen molar-refractivity contribution in [2.75, 3.05) is 18.9 Å². The summed E-state index contributed by atoms with van der Waals surface area (Å²) in [6.45, 7) is 2.97. The molecule has 0 spiro atoms. The van der Waals surface area contributed by atoms with E-state index < -0.39 is 0 Å². The number of fused-ring (bicyclic) bond motifs is 1. The van der Waals surface area contributed by atoms with Crippen LogP contribution in [0.5, 0.6) is 11.5 Å². The highest BCUT2D eigenvalue weighted by Crippen LogP contribution is 2.42. The van der Waals surface area contributed by atoms with Gasteiger partial charge in [-0.15, -0.1) is 0 Å². The number of nitrogen functional groups attached to an aromatic ring is 1. The van der Waals surface area contributed by atoms with Gasteiger partial charge in [0.05, 0.1) is 5.69 Å². The van der Waals surface area contributed by atoms with E-state index in [9.17, 15) is 0 Å². The number of rotatable bonds is 0. The van der Waals surface area contributed by atoms with Crippen LogP contribution in [-0.2, 0) is 0 Å². The molecular formula is C9H10ClNO2. The Morgan fingerprint density at radius 1 is 1.38 bits per heavy atom. The van der Waals surface area contributed by atoms with Crippen LogP contribution in [0.15, 0.2) is 6.07 Å². The molecule has 1 heterocycles. The quantitative estimate of drug-likeness (QED) is 0.650. The molecule has 0 bridgehead atoms. The van der Waals surface area contributed by atoms with Crippen molar-refractivity contribution in [2.24, 2.45) is 0 Å². The van der Waals surface area contributed by atoms with Crippen LogP contribution in [0, 0.1) is 6.92 Å². The van der Waals surface area contributed by atoms with Gasteiger partial charge in [-0.2, -0.15) is 0 Å². The van der Waals surface area contributed by atoms with E-state index in [0.29, 0.717) is 35.4 Å². The van der Waals surface area contributed by atoms with E-state index in [1.807, 2.05) is 13.0 Å². The summed E-state index contributed by atoms with van der Waals surface area (Å²) in [5.74, 6) is 1.25. The van der Waals surface area contributed by atoms with Crippen LogP contribution in [-0.4, -0.2) is 13.2 Å². The van der Waals surface area contributed by atoms with Crippen molar-refractivity contribution in [3.05, 3.63) is 16.7 Å². The Morgan fingerprint density at radius 2 is 2.08 bits per heavy atom. The lowest BCUT2D eigenvalue weighted by Gasteiger charge is -2.20. The Kier molecular flexibility index (Phi) is 1.96. The first kappa shape index (κ1) is 8.51. The standard InChI is InChI=1S/C9H10ClNO2/c1-5-4-6-9(7(10)8(5)11)13-3-2-12-6/h4H,2-3,11H2,1H3. The summed E-state index contributed by atoms with van der Waals surface area (Å²) < 4.78 is 10.7. The van der Waals surface area contributed by atoms with Crippen molar-refractivity contribution < 1.29 is 9.47 Å². The van der Waals surface area contributed by atoms with E-state index in [0.717, 1.165) is 5.56 Å². The third-order valence-corrected chi connectivity index (χ3v) is 2.39. The van der Waals surface area contributed by atoms with Gasteiger partial charge >= 0.3 is 0 Å². The predicted molar refractivity (Wildman–Crippen MR) is 51.6 cm³/mol. The lowest BCUT2D eigenvalue weighted by atomic mass is 10.1. The van der Waals surface area contributed by atoms with Gasteiger partial charge in [0, 0.05) is 0 Å². The minimum absolute atomic E-state index is 0.453. The molecule has 0 atom stereocenters. The predicted octanol–water partition coefficient (Wildman–Crippen LogP) is 2.00. The second-order valence-electron chi connectivity index (χ2n) is 2.95.